The van der Waals surface area contributed by atoms with Gasteiger partial charge >= 0.3 is 0 Å². The van der Waals surface area contributed by atoms with Crippen LogP contribution < -0.4 is 5.32 Å². The first kappa shape index (κ1) is 17.9. The molecule has 1 aromatic rings. The smallest absolute Gasteiger partial charge is 0.261 e. The van der Waals surface area contributed by atoms with Gasteiger partial charge < -0.3 is 9.73 Å². The maximum Gasteiger partial charge on any atom is 0.261 e. The van der Waals surface area contributed by atoms with Gasteiger partial charge in [0, 0.05) is 26.2 Å². The van der Waals surface area contributed by atoms with Crippen LogP contribution in [-0.4, -0.2) is 37.5 Å². The molecule has 1 aromatic heterocycles. The van der Waals surface area contributed by atoms with Gasteiger partial charge in [0.15, 0.2) is 5.22 Å². The molecule has 1 aliphatic rings. The summed E-state index contributed by atoms with van der Waals surface area (Å²) in [6, 6.07) is 2.02. The number of furan rings is 1. The van der Waals surface area contributed by atoms with E-state index in [4.69, 9.17) is 16.0 Å². The molecule has 0 aromatic carbocycles. The molecule has 2 heterocycles. The average Bonchev–Trinajstić information content (AvgIpc) is 2.66. The standard InChI is InChI=1S/C10H13ClF2N2O.2ClH/c11-8-2-1-7(16-8)9(10(12)13)15-5-3-14-4-6-15;;/h1-2,9-10,14H,3-6H2;2*1H/t9-;;/m1../s1. The van der Waals surface area contributed by atoms with Gasteiger partial charge in [-0.25, -0.2) is 8.78 Å². The highest BCUT2D eigenvalue weighted by atomic mass is 35.5. The summed E-state index contributed by atoms with van der Waals surface area (Å²) in [7, 11) is 0. The van der Waals surface area contributed by atoms with Crippen molar-refractivity contribution < 1.29 is 13.2 Å². The van der Waals surface area contributed by atoms with Crippen LogP contribution >= 0.6 is 36.4 Å². The number of hydrogen-bond donors (Lipinski definition) is 1. The summed E-state index contributed by atoms with van der Waals surface area (Å²) in [5.41, 5.74) is 0. The van der Waals surface area contributed by atoms with Crippen LogP contribution in [0, 0.1) is 0 Å². The van der Waals surface area contributed by atoms with E-state index < -0.39 is 12.5 Å². The minimum atomic E-state index is -2.47. The fourth-order valence-electron chi connectivity index (χ4n) is 1.91. The predicted octanol–water partition coefficient (Wildman–Crippen LogP) is 2.99. The quantitative estimate of drug-likeness (QED) is 0.927. The van der Waals surface area contributed by atoms with E-state index in [2.05, 4.69) is 5.32 Å². The van der Waals surface area contributed by atoms with Crippen LogP contribution in [0.3, 0.4) is 0 Å². The summed E-state index contributed by atoms with van der Waals surface area (Å²) < 4.78 is 31.1. The summed E-state index contributed by atoms with van der Waals surface area (Å²) >= 11 is 5.61. The molecule has 0 unspecified atom stereocenters. The third-order valence-corrected chi connectivity index (χ3v) is 2.87. The van der Waals surface area contributed by atoms with Crippen molar-refractivity contribution in [3.05, 3.63) is 23.1 Å². The lowest BCUT2D eigenvalue weighted by Gasteiger charge is -2.33. The average molecular weight is 324 g/mol. The summed E-state index contributed by atoms with van der Waals surface area (Å²) in [5.74, 6) is 0.238. The highest BCUT2D eigenvalue weighted by Crippen LogP contribution is 2.30. The van der Waals surface area contributed by atoms with Crippen molar-refractivity contribution in [2.75, 3.05) is 26.2 Å². The van der Waals surface area contributed by atoms with Gasteiger partial charge in [0.05, 0.1) is 0 Å². The molecule has 0 aliphatic carbocycles. The van der Waals surface area contributed by atoms with Crippen LogP contribution in [0.25, 0.3) is 0 Å². The first-order valence-corrected chi connectivity index (χ1v) is 5.54. The molecule has 1 saturated heterocycles. The van der Waals surface area contributed by atoms with Crippen LogP contribution in [0.1, 0.15) is 11.8 Å². The van der Waals surface area contributed by atoms with Gasteiger partial charge in [-0.3, -0.25) is 4.90 Å². The number of alkyl halides is 2. The number of hydrogen-bond acceptors (Lipinski definition) is 3. The van der Waals surface area contributed by atoms with E-state index in [1.807, 2.05) is 0 Å². The maximum absolute atomic E-state index is 13.0. The van der Waals surface area contributed by atoms with Gasteiger partial charge in [0.25, 0.3) is 6.43 Å². The van der Waals surface area contributed by atoms with E-state index in [-0.39, 0.29) is 35.8 Å². The predicted molar refractivity (Wildman–Crippen MR) is 71.4 cm³/mol. The van der Waals surface area contributed by atoms with Crippen molar-refractivity contribution in [1.29, 1.82) is 0 Å². The topological polar surface area (TPSA) is 28.4 Å². The van der Waals surface area contributed by atoms with Crippen molar-refractivity contribution in [2.24, 2.45) is 0 Å². The number of nitrogens with zero attached hydrogens (tertiary/aromatic N) is 1. The van der Waals surface area contributed by atoms with E-state index in [1.54, 1.807) is 4.90 Å². The van der Waals surface area contributed by atoms with Crippen LogP contribution in [0.5, 0.6) is 0 Å². The lowest BCUT2D eigenvalue weighted by Crippen LogP contribution is -2.46. The Hall–Kier alpha value is -0.0700. The third kappa shape index (κ3) is 4.24. The highest BCUT2D eigenvalue weighted by molar-refractivity contribution is 6.28. The van der Waals surface area contributed by atoms with E-state index in [0.717, 1.165) is 13.1 Å². The Morgan fingerprint density at radius 2 is 1.83 bits per heavy atom. The number of halogens is 5. The first-order valence-electron chi connectivity index (χ1n) is 5.16. The van der Waals surface area contributed by atoms with Crippen molar-refractivity contribution >= 4 is 36.4 Å². The Labute approximate surface area is 122 Å². The molecule has 106 valence electrons. The van der Waals surface area contributed by atoms with Gasteiger partial charge in [-0.15, -0.1) is 24.8 Å². The van der Waals surface area contributed by atoms with Gasteiger partial charge in [0.2, 0.25) is 0 Å². The molecule has 2 rings (SSSR count). The van der Waals surface area contributed by atoms with Crippen molar-refractivity contribution in [3.8, 4) is 0 Å². The summed E-state index contributed by atoms with van der Waals surface area (Å²) in [6.45, 7) is 2.62. The van der Waals surface area contributed by atoms with E-state index >= 15 is 0 Å². The molecule has 1 aliphatic heterocycles. The SMILES string of the molecule is Cl.Cl.FC(F)[C@@H](c1ccc(Cl)o1)N1CCNCC1. The minimum Gasteiger partial charge on any atom is -0.448 e. The zero-order valence-corrected chi connectivity index (χ0v) is 11.8. The second-order valence-corrected chi connectivity index (χ2v) is 4.08. The lowest BCUT2D eigenvalue weighted by atomic mass is 10.1. The summed E-state index contributed by atoms with van der Waals surface area (Å²) in [6.07, 6.45) is -2.47. The Morgan fingerprint density at radius 3 is 2.28 bits per heavy atom. The molecule has 18 heavy (non-hydrogen) atoms. The molecule has 0 radical (unpaired) electrons. The molecule has 1 N–H and O–H groups in total. The van der Waals surface area contributed by atoms with Crippen LogP contribution in [0.4, 0.5) is 8.78 Å². The Kier molecular flexibility index (Phi) is 8.14. The molecule has 0 spiro atoms. The maximum atomic E-state index is 13.0. The van der Waals surface area contributed by atoms with Gasteiger partial charge in [-0.05, 0) is 23.7 Å². The van der Waals surface area contributed by atoms with Crippen molar-refractivity contribution in [3.63, 3.8) is 0 Å². The molecular weight excluding hydrogens is 308 g/mol. The molecule has 0 saturated carbocycles. The molecule has 8 heteroatoms. The molecule has 1 atom stereocenters. The third-order valence-electron chi connectivity index (χ3n) is 2.67. The Balaban J connectivity index is 0.00000144. The fourth-order valence-corrected chi connectivity index (χ4v) is 2.06. The fraction of sp³-hybridized carbons (Fsp3) is 0.600. The number of rotatable bonds is 3. The molecule has 1 fully saturated rings. The van der Waals surface area contributed by atoms with E-state index in [0.29, 0.717) is 13.1 Å². The lowest BCUT2D eigenvalue weighted by molar-refractivity contribution is 0.00756. The second kappa shape index (κ2) is 8.17. The molecular formula is C10H15Cl3F2N2O. The Morgan fingerprint density at radius 1 is 1.22 bits per heavy atom. The van der Waals surface area contributed by atoms with Crippen LogP contribution in [-0.2, 0) is 0 Å². The van der Waals surface area contributed by atoms with Gasteiger partial charge in [-0.2, -0.15) is 0 Å². The van der Waals surface area contributed by atoms with Gasteiger partial charge in [0.1, 0.15) is 11.8 Å². The monoisotopic (exact) mass is 322 g/mol. The van der Waals surface area contributed by atoms with Gasteiger partial charge in [-0.1, -0.05) is 0 Å². The van der Waals surface area contributed by atoms with Crippen molar-refractivity contribution in [1.82, 2.24) is 10.2 Å². The normalized spacial score (nSPS) is 18.0. The minimum absolute atomic E-state index is 0. The number of nitrogens with one attached hydrogen (secondary N) is 1. The largest absolute Gasteiger partial charge is 0.448 e. The summed E-state index contributed by atoms with van der Waals surface area (Å²) in [5, 5.41) is 3.27. The highest BCUT2D eigenvalue weighted by Gasteiger charge is 2.32. The second-order valence-electron chi connectivity index (χ2n) is 3.71. The Bertz CT molecular complexity index is 346. The zero-order valence-electron chi connectivity index (χ0n) is 9.44. The molecule has 0 amide bonds. The van der Waals surface area contributed by atoms with Crippen LogP contribution in [0.2, 0.25) is 5.22 Å². The first-order chi connectivity index (χ1) is 7.68. The van der Waals surface area contributed by atoms with Crippen LogP contribution in [0.15, 0.2) is 16.5 Å². The van der Waals surface area contributed by atoms with E-state index in [1.165, 1.54) is 12.1 Å². The van der Waals surface area contributed by atoms with Crippen molar-refractivity contribution in [2.45, 2.75) is 12.5 Å². The zero-order chi connectivity index (χ0) is 11.5. The summed E-state index contributed by atoms with van der Waals surface area (Å²) in [4.78, 5) is 1.72. The molecule has 3 nitrogen and oxygen atoms in total. The van der Waals surface area contributed by atoms with E-state index in [9.17, 15) is 8.78 Å². The number of piperazine rings is 1. The molecule has 0 bridgehead atoms.